The van der Waals surface area contributed by atoms with Crippen LogP contribution in [0.25, 0.3) is 10.9 Å². The van der Waals surface area contributed by atoms with Gasteiger partial charge in [-0.2, -0.15) is 0 Å². The van der Waals surface area contributed by atoms with Crippen molar-refractivity contribution < 1.29 is 0 Å². The largest absolute Gasteiger partial charge is 0.369 e. The van der Waals surface area contributed by atoms with Crippen LogP contribution in [0.3, 0.4) is 0 Å². The monoisotopic (exact) mass is 265 g/mol. The Morgan fingerprint density at radius 1 is 1.00 bits per heavy atom. The van der Waals surface area contributed by atoms with Crippen molar-refractivity contribution in [3.63, 3.8) is 0 Å². The molecule has 102 valence electrons. The molecule has 0 aliphatic rings. The normalized spacial score (nSPS) is 10.9. The summed E-state index contributed by atoms with van der Waals surface area (Å²) >= 11 is 0. The van der Waals surface area contributed by atoms with E-state index in [1.807, 2.05) is 6.07 Å². The number of nitrogens with one attached hydrogen (secondary N) is 1. The van der Waals surface area contributed by atoms with Gasteiger partial charge in [-0.15, -0.1) is 0 Å². The number of anilines is 1. The van der Waals surface area contributed by atoms with Gasteiger partial charge in [-0.25, -0.2) is 0 Å². The van der Waals surface area contributed by atoms with Crippen LogP contribution in [0.2, 0.25) is 0 Å². The van der Waals surface area contributed by atoms with Crippen LogP contribution in [0, 0.1) is 0 Å². The first-order valence-corrected chi connectivity index (χ1v) is 6.83. The van der Waals surface area contributed by atoms with Gasteiger partial charge in [-0.3, -0.25) is 0 Å². The van der Waals surface area contributed by atoms with Crippen molar-refractivity contribution in [3.8, 4) is 0 Å². The number of H-pyrrole nitrogens is 1. The molecule has 0 atom stereocenters. The molecule has 0 saturated heterocycles. The second kappa shape index (κ2) is 5.39. The summed E-state index contributed by atoms with van der Waals surface area (Å²) < 4.78 is 0. The molecule has 0 unspecified atom stereocenters. The number of nitrogens with two attached hydrogens (primary N) is 1. The summed E-state index contributed by atoms with van der Waals surface area (Å²) in [4.78, 5) is 5.58. The second-order valence-electron chi connectivity index (χ2n) is 5.10. The van der Waals surface area contributed by atoms with Crippen molar-refractivity contribution in [2.75, 3.05) is 11.9 Å². The number of rotatable bonds is 4. The first kappa shape index (κ1) is 12.8. The minimum Gasteiger partial charge on any atom is -0.369 e. The van der Waals surface area contributed by atoms with Gasteiger partial charge in [0, 0.05) is 37.2 Å². The maximum atomic E-state index is 5.63. The van der Waals surface area contributed by atoms with E-state index in [9.17, 15) is 0 Å². The Labute approximate surface area is 119 Å². The van der Waals surface area contributed by atoms with Gasteiger partial charge in [0.2, 0.25) is 0 Å². The van der Waals surface area contributed by atoms with Crippen LogP contribution >= 0.6 is 0 Å². The van der Waals surface area contributed by atoms with Crippen molar-refractivity contribution in [3.05, 3.63) is 65.9 Å². The highest BCUT2D eigenvalue weighted by Crippen LogP contribution is 2.26. The van der Waals surface area contributed by atoms with E-state index in [-0.39, 0.29) is 0 Å². The molecule has 0 fully saturated rings. The number of fused-ring (bicyclic) bond motifs is 1. The Kier molecular flexibility index (Phi) is 3.44. The molecule has 0 radical (unpaired) electrons. The van der Waals surface area contributed by atoms with Crippen molar-refractivity contribution in [1.82, 2.24) is 4.98 Å². The Morgan fingerprint density at radius 3 is 2.45 bits per heavy atom. The molecule has 3 aromatic rings. The van der Waals surface area contributed by atoms with E-state index in [1.165, 1.54) is 27.7 Å². The van der Waals surface area contributed by atoms with Crippen LogP contribution in [0.5, 0.6) is 0 Å². The van der Waals surface area contributed by atoms with Crippen LogP contribution in [-0.4, -0.2) is 12.0 Å². The predicted molar refractivity (Wildman–Crippen MR) is 84.7 cm³/mol. The highest BCUT2D eigenvalue weighted by molar-refractivity contribution is 5.92. The topological polar surface area (TPSA) is 45.0 Å². The third-order valence-corrected chi connectivity index (χ3v) is 3.66. The van der Waals surface area contributed by atoms with Gasteiger partial charge >= 0.3 is 0 Å². The van der Waals surface area contributed by atoms with Crippen LogP contribution in [0.1, 0.15) is 11.1 Å². The van der Waals surface area contributed by atoms with Gasteiger partial charge in [-0.1, -0.05) is 42.5 Å². The lowest BCUT2D eigenvalue weighted by Gasteiger charge is -2.18. The van der Waals surface area contributed by atoms with Gasteiger partial charge in [-0.05, 0) is 17.2 Å². The molecule has 3 N–H and O–H groups in total. The smallest absolute Gasteiger partial charge is 0.0624 e. The molecule has 0 saturated carbocycles. The maximum Gasteiger partial charge on any atom is 0.0624 e. The van der Waals surface area contributed by atoms with E-state index < -0.39 is 0 Å². The highest BCUT2D eigenvalue weighted by atomic mass is 15.1. The van der Waals surface area contributed by atoms with Crippen LogP contribution in [0.4, 0.5) is 5.69 Å². The number of aromatic nitrogens is 1. The third-order valence-electron chi connectivity index (χ3n) is 3.66. The Bertz CT molecular complexity index is 698. The van der Waals surface area contributed by atoms with E-state index in [0.717, 1.165) is 6.54 Å². The summed E-state index contributed by atoms with van der Waals surface area (Å²) in [5, 5.41) is 1.26. The van der Waals surface area contributed by atoms with E-state index in [0.29, 0.717) is 6.54 Å². The SMILES string of the molecule is CN(Cc1ccc(CN)cc1)c1c[nH]c2ccccc12. The molecule has 0 aliphatic carbocycles. The van der Waals surface area contributed by atoms with E-state index >= 15 is 0 Å². The summed E-state index contributed by atoms with van der Waals surface area (Å²) in [6.07, 6.45) is 2.07. The summed E-state index contributed by atoms with van der Waals surface area (Å²) in [7, 11) is 2.12. The van der Waals surface area contributed by atoms with Gasteiger partial charge in [0.15, 0.2) is 0 Å². The molecular weight excluding hydrogens is 246 g/mol. The van der Waals surface area contributed by atoms with Gasteiger partial charge in [0.1, 0.15) is 0 Å². The number of benzene rings is 2. The molecule has 0 bridgehead atoms. The van der Waals surface area contributed by atoms with Crippen LogP contribution < -0.4 is 10.6 Å². The van der Waals surface area contributed by atoms with Crippen LogP contribution in [0.15, 0.2) is 54.7 Å². The number of nitrogens with zero attached hydrogens (tertiary/aromatic N) is 1. The van der Waals surface area contributed by atoms with Gasteiger partial charge in [0.25, 0.3) is 0 Å². The lowest BCUT2D eigenvalue weighted by molar-refractivity contribution is 0.925. The molecule has 20 heavy (non-hydrogen) atoms. The average Bonchev–Trinajstić information content (AvgIpc) is 2.92. The zero-order chi connectivity index (χ0) is 13.9. The molecule has 2 aromatic carbocycles. The molecule has 1 heterocycles. The summed E-state index contributed by atoms with van der Waals surface area (Å²) in [5.74, 6) is 0. The van der Waals surface area contributed by atoms with Crippen molar-refractivity contribution in [1.29, 1.82) is 0 Å². The quantitative estimate of drug-likeness (QED) is 0.760. The summed E-state index contributed by atoms with van der Waals surface area (Å²) in [6, 6.07) is 16.9. The number of hydrogen-bond donors (Lipinski definition) is 2. The molecule has 0 amide bonds. The fourth-order valence-corrected chi connectivity index (χ4v) is 2.51. The molecule has 3 nitrogen and oxygen atoms in total. The molecule has 0 aliphatic heterocycles. The number of hydrogen-bond acceptors (Lipinski definition) is 2. The number of aromatic amines is 1. The first-order chi connectivity index (χ1) is 9.78. The van der Waals surface area contributed by atoms with E-state index in [1.54, 1.807) is 0 Å². The minimum atomic E-state index is 0.596. The van der Waals surface area contributed by atoms with Crippen molar-refractivity contribution in [2.45, 2.75) is 13.1 Å². The maximum absolute atomic E-state index is 5.63. The zero-order valence-corrected chi connectivity index (χ0v) is 11.6. The Hall–Kier alpha value is -2.26. The lowest BCUT2D eigenvalue weighted by atomic mass is 10.1. The lowest BCUT2D eigenvalue weighted by Crippen LogP contribution is -2.15. The minimum absolute atomic E-state index is 0.596. The predicted octanol–water partition coefficient (Wildman–Crippen LogP) is 3.26. The fourth-order valence-electron chi connectivity index (χ4n) is 2.51. The van der Waals surface area contributed by atoms with E-state index in [2.05, 4.69) is 65.6 Å². The standard InChI is InChI=1S/C17H19N3/c1-20(12-14-8-6-13(10-18)7-9-14)17-11-19-16-5-3-2-4-15(16)17/h2-9,11,19H,10,12,18H2,1H3. The highest BCUT2D eigenvalue weighted by Gasteiger charge is 2.08. The van der Waals surface area contributed by atoms with Gasteiger partial charge in [0.05, 0.1) is 5.69 Å². The average molecular weight is 265 g/mol. The second-order valence-corrected chi connectivity index (χ2v) is 5.10. The molecule has 0 spiro atoms. The Morgan fingerprint density at radius 2 is 1.70 bits per heavy atom. The van der Waals surface area contributed by atoms with Crippen LogP contribution in [-0.2, 0) is 13.1 Å². The fraction of sp³-hybridized carbons (Fsp3) is 0.176. The molecule has 3 heteroatoms. The van der Waals surface area contributed by atoms with E-state index in [4.69, 9.17) is 5.73 Å². The third kappa shape index (κ3) is 2.40. The van der Waals surface area contributed by atoms with Crippen molar-refractivity contribution >= 4 is 16.6 Å². The Balaban J connectivity index is 1.83. The number of para-hydroxylation sites is 1. The summed E-state index contributed by atoms with van der Waals surface area (Å²) in [6.45, 7) is 1.48. The summed E-state index contributed by atoms with van der Waals surface area (Å²) in [5.41, 5.74) is 10.5. The van der Waals surface area contributed by atoms with Gasteiger partial charge < -0.3 is 15.6 Å². The molecule has 1 aromatic heterocycles. The van der Waals surface area contributed by atoms with Crippen molar-refractivity contribution in [2.24, 2.45) is 5.73 Å². The molecular formula is C17H19N3. The first-order valence-electron chi connectivity index (χ1n) is 6.83. The zero-order valence-electron chi connectivity index (χ0n) is 11.6. The molecule has 3 rings (SSSR count).